The molecule has 10 heteroatoms. The summed E-state index contributed by atoms with van der Waals surface area (Å²) < 4.78 is 27.4. The maximum absolute atomic E-state index is 15.2. The molecular formula is C24H26FN5O4. The molecule has 0 spiro atoms. The van der Waals surface area contributed by atoms with Crippen molar-refractivity contribution in [2.24, 2.45) is 11.8 Å². The van der Waals surface area contributed by atoms with Crippen LogP contribution < -0.4 is 14.8 Å². The van der Waals surface area contributed by atoms with E-state index in [4.69, 9.17) is 9.47 Å². The van der Waals surface area contributed by atoms with E-state index < -0.39 is 17.8 Å². The summed E-state index contributed by atoms with van der Waals surface area (Å²) in [4.78, 5) is 11.4. The second-order valence-electron chi connectivity index (χ2n) is 8.91. The number of carboxylic acids is 1. The summed E-state index contributed by atoms with van der Waals surface area (Å²) in [7, 11) is 0. The third kappa shape index (κ3) is 4.86. The van der Waals surface area contributed by atoms with Crippen molar-refractivity contribution in [3.63, 3.8) is 0 Å². The summed E-state index contributed by atoms with van der Waals surface area (Å²) in [5.41, 5.74) is 1.11. The van der Waals surface area contributed by atoms with Crippen LogP contribution in [0.5, 0.6) is 11.5 Å². The van der Waals surface area contributed by atoms with Gasteiger partial charge in [-0.05, 0) is 60.1 Å². The van der Waals surface area contributed by atoms with Crippen molar-refractivity contribution in [1.29, 1.82) is 0 Å². The molecule has 5 rings (SSSR count). The first-order chi connectivity index (χ1) is 16.6. The van der Waals surface area contributed by atoms with E-state index in [-0.39, 0.29) is 23.4 Å². The summed E-state index contributed by atoms with van der Waals surface area (Å²) in [6.07, 6.45) is 2.81. The number of benzene rings is 2. The molecule has 1 saturated heterocycles. The van der Waals surface area contributed by atoms with Gasteiger partial charge in [-0.1, -0.05) is 30.3 Å². The lowest BCUT2D eigenvalue weighted by molar-refractivity contribution is -0.141. The molecular weight excluding hydrogens is 441 g/mol. The van der Waals surface area contributed by atoms with Crippen LogP contribution in [0.4, 0.5) is 4.39 Å². The number of rotatable bonds is 7. The summed E-state index contributed by atoms with van der Waals surface area (Å²) in [6, 6.07) is 12.1. The topological polar surface area (TPSA) is 122 Å². The number of nitrogens with one attached hydrogen (secondary N) is 2. The Morgan fingerprint density at radius 3 is 2.76 bits per heavy atom. The van der Waals surface area contributed by atoms with E-state index in [0.717, 1.165) is 18.4 Å². The molecule has 2 aliphatic rings. The van der Waals surface area contributed by atoms with Crippen LogP contribution in [-0.4, -0.2) is 50.4 Å². The van der Waals surface area contributed by atoms with Gasteiger partial charge in [0.25, 0.3) is 0 Å². The minimum Gasteiger partial charge on any atom is -0.489 e. The van der Waals surface area contributed by atoms with Crippen LogP contribution in [-0.2, 0) is 11.4 Å². The third-order valence-corrected chi connectivity index (χ3v) is 6.71. The number of tetrazole rings is 1. The Balaban J connectivity index is 1.36. The van der Waals surface area contributed by atoms with Crippen LogP contribution in [0.25, 0.3) is 11.4 Å². The number of carbonyl (C=O) groups is 1. The van der Waals surface area contributed by atoms with E-state index in [2.05, 4.69) is 25.9 Å². The molecule has 1 aliphatic heterocycles. The average molecular weight is 468 g/mol. The van der Waals surface area contributed by atoms with Crippen LogP contribution in [0.2, 0.25) is 0 Å². The molecule has 0 bridgehead atoms. The SMILES string of the molecule is O=C(O)[C@@H]1C[C@H]2C[C@@H](Oc3cc(OCc4ccccc4)cc(F)c3-c3nnn[nH]3)CC[C@H]2CN1. The predicted octanol–water partition coefficient (Wildman–Crippen LogP) is 3.20. The standard InChI is InChI=1S/C24H26FN5O4/c25-19-10-18(33-13-14-4-2-1-3-5-14)11-21(22(19)23-27-29-30-28-23)34-17-7-6-15-12-26-20(24(31)32)9-16(15)8-17/h1-5,10-11,15-17,20,26H,6-9,12-13H2,(H,31,32)(H,27,28,29,30)/t15-,16+,17-,20-/m0/s1. The van der Waals surface area contributed by atoms with Crippen LogP contribution in [0.3, 0.4) is 0 Å². The van der Waals surface area contributed by atoms with E-state index >= 15 is 4.39 Å². The number of H-pyrrole nitrogens is 1. The minimum absolute atomic E-state index is 0.146. The van der Waals surface area contributed by atoms with Gasteiger partial charge in [-0.15, -0.1) is 5.10 Å². The number of aliphatic carboxylic acids is 1. The van der Waals surface area contributed by atoms with Gasteiger partial charge in [0.15, 0.2) is 5.82 Å². The van der Waals surface area contributed by atoms with Crippen LogP contribution in [0.15, 0.2) is 42.5 Å². The lowest BCUT2D eigenvalue weighted by Gasteiger charge is -2.41. The summed E-state index contributed by atoms with van der Waals surface area (Å²) in [5, 5.41) is 26.1. The van der Waals surface area contributed by atoms with E-state index in [1.54, 1.807) is 6.07 Å². The molecule has 0 amide bonds. The zero-order valence-electron chi connectivity index (χ0n) is 18.5. The van der Waals surface area contributed by atoms with Gasteiger partial charge in [0.05, 0.1) is 11.7 Å². The zero-order chi connectivity index (χ0) is 23.5. The lowest BCUT2D eigenvalue weighted by atomic mass is 9.72. The van der Waals surface area contributed by atoms with Gasteiger partial charge >= 0.3 is 5.97 Å². The van der Waals surface area contributed by atoms with Crippen molar-refractivity contribution in [2.45, 2.75) is 44.4 Å². The molecule has 178 valence electrons. The van der Waals surface area contributed by atoms with Gasteiger partial charge in [0.2, 0.25) is 0 Å². The number of ether oxygens (including phenoxy) is 2. The van der Waals surface area contributed by atoms with Crippen LogP contribution in [0.1, 0.15) is 31.2 Å². The Hall–Kier alpha value is -3.53. The lowest BCUT2D eigenvalue weighted by Crippen LogP contribution is -2.50. The van der Waals surface area contributed by atoms with Crippen LogP contribution in [0, 0.1) is 17.7 Å². The number of hydrogen-bond acceptors (Lipinski definition) is 7. The highest BCUT2D eigenvalue weighted by Crippen LogP contribution is 2.40. The molecule has 0 unspecified atom stereocenters. The minimum atomic E-state index is -0.827. The number of hydrogen-bond donors (Lipinski definition) is 3. The maximum Gasteiger partial charge on any atom is 0.320 e. The Bertz CT molecular complexity index is 1130. The van der Waals surface area contributed by atoms with Crippen molar-refractivity contribution in [3.8, 4) is 22.9 Å². The van der Waals surface area contributed by atoms with Crippen molar-refractivity contribution in [1.82, 2.24) is 25.9 Å². The first-order valence-electron chi connectivity index (χ1n) is 11.4. The number of piperidine rings is 1. The van der Waals surface area contributed by atoms with E-state index in [1.165, 1.54) is 6.07 Å². The molecule has 2 aromatic carbocycles. The van der Waals surface area contributed by atoms with Gasteiger partial charge in [-0.3, -0.25) is 4.79 Å². The number of aromatic amines is 1. The zero-order valence-corrected chi connectivity index (χ0v) is 18.5. The van der Waals surface area contributed by atoms with E-state index in [1.807, 2.05) is 30.3 Å². The molecule has 34 heavy (non-hydrogen) atoms. The molecule has 2 heterocycles. The molecule has 2 fully saturated rings. The van der Waals surface area contributed by atoms with Gasteiger partial charge in [0.1, 0.15) is 30.0 Å². The van der Waals surface area contributed by atoms with E-state index in [9.17, 15) is 9.90 Å². The van der Waals surface area contributed by atoms with Gasteiger partial charge in [-0.25, -0.2) is 9.49 Å². The van der Waals surface area contributed by atoms with Crippen molar-refractivity contribution in [3.05, 3.63) is 53.8 Å². The van der Waals surface area contributed by atoms with Crippen LogP contribution >= 0.6 is 0 Å². The molecule has 1 aromatic heterocycles. The molecule has 3 N–H and O–H groups in total. The third-order valence-electron chi connectivity index (χ3n) is 6.71. The first kappa shape index (κ1) is 22.3. The number of halogens is 1. The van der Waals surface area contributed by atoms with Gasteiger partial charge in [-0.2, -0.15) is 0 Å². The Labute approximate surface area is 195 Å². The number of aromatic nitrogens is 4. The summed E-state index contributed by atoms with van der Waals surface area (Å²) in [5.74, 6) is 0.0866. The second-order valence-corrected chi connectivity index (χ2v) is 8.91. The predicted molar refractivity (Wildman–Crippen MR) is 120 cm³/mol. The van der Waals surface area contributed by atoms with Crippen molar-refractivity contribution < 1.29 is 23.8 Å². The monoisotopic (exact) mass is 467 g/mol. The summed E-state index contributed by atoms with van der Waals surface area (Å²) in [6.45, 7) is 0.987. The summed E-state index contributed by atoms with van der Waals surface area (Å²) >= 11 is 0. The Morgan fingerprint density at radius 1 is 1.15 bits per heavy atom. The quantitative estimate of drug-likeness (QED) is 0.484. The fraction of sp³-hybridized carbons (Fsp3) is 0.417. The fourth-order valence-electron chi connectivity index (χ4n) is 4.97. The van der Waals surface area contributed by atoms with E-state index in [0.29, 0.717) is 43.4 Å². The second kappa shape index (κ2) is 9.76. The highest BCUT2D eigenvalue weighted by molar-refractivity contribution is 5.73. The Kier molecular flexibility index (Phi) is 6.39. The smallest absolute Gasteiger partial charge is 0.320 e. The molecule has 0 radical (unpaired) electrons. The molecule has 1 saturated carbocycles. The normalized spacial score (nSPS) is 24.3. The molecule has 9 nitrogen and oxygen atoms in total. The largest absolute Gasteiger partial charge is 0.489 e. The van der Waals surface area contributed by atoms with Gasteiger partial charge < -0.3 is 19.9 Å². The molecule has 1 aliphatic carbocycles. The fourth-order valence-corrected chi connectivity index (χ4v) is 4.97. The maximum atomic E-state index is 15.2. The highest BCUT2D eigenvalue weighted by Gasteiger charge is 2.38. The first-order valence-corrected chi connectivity index (χ1v) is 11.4. The van der Waals surface area contributed by atoms with Gasteiger partial charge in [0, 0.05) is 12.1 Å². The van der Waals surface area contributed by atoms with Crippen molar-refractivity contribution in [2.75, 3.05) is 6.54 Å². The molecule has 4 atom stereocenters. The number of nitrogens with zero attached hydrogens (tertiary/aromatic N) is 3. The molecule has 3 aromatic rings. The van der Waals surface area contributed by atoms with Crippen molar-refractivity contribution >= 4 is 5.97 Å². The average Bonchev–Trinajstić information content (AvgIpc) is 3.37. The number of fused-ring (bicyclic) bond motifs is 1. The Morgan fingerprint density at radius 2 is 2.00 bits per heavy atom. The number of carboxylic acid groups (broad SMARTS) is 1. The highest BCUT2D eigenvalue weighted by atomic mass is 19.1.